The molecule has 2 aromatic rings. The lowest BCUT2D eigenvalue weighted by Crippen LogP contribution is -2.44. The molecule has 1 fully saturated rings. The van der Waals surface area contributed by atoms with Crippen molar-refractivity contribution >= 4 is 38.4 Å². The number of ether oxygens (including phenoxy) is 1. The number of hydrogen-bond acceptors (Lipinski definition) is 7. The second kappa shape index (κ2) is 10.3. The Morgan fingerprint density at radius 2 is 2.00 bits per heavy atom. The van der Waals surface area contributed by atoms with E-state index in [1.807, 2.05) is 37.3 Å². The van der Waals surface area contributed by atoms with Crippen molar-refractivity contribution in [3.8, 4) is 11.3 Å². The summed E-state index contributed by atoms with van der Waals surface area (Å²) in [7, 11) is -3.35. The number of esters is 1. The summed E-state index contributed by atoms with van der Waals surface area (Å²) in [5, 5.41) is 3.07. The molecule has 168 valence electrons. The fourth-order valence-corrected chi connectivity index (χ4v) is 5.98. The first-order valence-electron chi connectivity index (χ1n) is 10.4. The third-order valence-electron chi connectivity index (χ3n) is 4.98. The number of nitrogens with one attached hydrogen (secondary N) is 1. The molecule has 1 unspecified atom stereocenters. The lowest BCUT2D eigenvalue weighted by molar-refractivity contribution is -0.120. The van der Waals surface area contributed by atoms with Gasteiger partial charge in [-0.25, -0.2) is 22.5 Å². The minimum Gasteiger partial charge on any atom is -0.462 e. The summed E-state index contributed by atoms with van der Waals surface area (Å²) >= 11 is 1.06. The summed E-state index contributed by atoms with van der Waals surface area (Å²) in [6.07, 6.45) is 1.77. The van der Waals surface area contributed by atoms with Gasteiger partial charge in [0.15, 0.2) is 5.13 Å². The molecule has 8 nitrogen and oxygen atoms in total. The number of amides is 1. The van der Waals surface area contributed by atoms with Crippen LogP contribution in [0.4, 0.5) is 5.13 Å². The molecule has 1 aromatic heterocycles. The number of sulfonamides is 1. The van der Waals surface area contributed by atoms with Gasteiger partial charge < -0.3 is 10.1 Å². The van der Waals surface area contributed by atoms with Crippen LogP contribution in [0.1, 0.15) is 42.8 Å². The fraction of sp³-hybridized carbons (Fsp3) is 0.476. The molecule has 0 saturated carbocycles. The van der Waals surface area contributed by atoms with Gasteiger partial charge in [-0.2, -0.15) is 0 Å². The lowest BCUT2D eigenvalue weighted by Gasteiger charge is -2.30. The van der Waals surface area contributed by atoms with Crippen LogP contribution in [-0.2, 0) is 19.6 Å². The van der Waals surface area contributed by atoms with Crippen molar-refractivity contribution < 1.29 is 22.7 Å². The highest BCUT2D eigenvalue weighted by Crippen LogP contribution is 2.32. The van der Waals surface area contributed by atoms with Gasteiger partial charge in [-0.15, -0.1) is 0 Å². The Morgan fingerprint density at radius 3 is 2.68 bits per heavy atom. The summed E-state index contributed by atoms with van der Waals surface area (Å²) < 4.78 is 31.3. The Morgan fingerprint density at radius 1 is 1.26 bits per heavy atom. The molecule has 1 N–H and O–H groups in total. The summed E-state index contributed by atoms with van der Waals surface area (Å²) in [4.78, 5) is 30.1. The second-order valence-corrected chi connectivity index (χ2v) is 10.4. The van der Waals surface area contributed by atoms with Crippen LogP contribution < -0.4 is 5.32 Å². The zero-order valence-corrected chi connectivity index (χ0v) is 19.3. The summed E-state index contributed by atoms with van der Waals surface area (Å²) in [5.74, 6) is -1.17. The molecule has 10 heteroatoms. The van der Waals surface area contributed by atoms with Crippen LogP contribution in [0.3, 0.4) is 0 Å². The minimum atomic E-state index is -3.35. The molecule has 1 saturated heterocycles. The summed E-state index contributed by atoms with van der Waals surface area (Å²) in [5.41, 5.74) is 1.20. The van der Waals surface area contributed by atoms with Gasteiger partial charge in [0.1, 0.15) is 4.88 Å². The first-order chi connectivity index (χ1) is 14.9. The summed E-state index contributed by atoms with van der Waals surface area (Å²) in [6, 6.07) is 9.22. The lowest BCUT2D eigenvalue weighted by atomic mass is 9.99. The van der Waals surface area contributed by atoms with Gasteiger partial charge in [-0.1, -0.05) is 48.6 Å². The Kier molecular flexibility index (Phi) is 7.79. The maximum Gasteiger partial charge on any atom is 0.350 e. The zero-order valence-electron chi connectivity index (χ0n) is 17.7. The topological polar surface area (TPSA) is 106 Å². The quantitative estimate of drug-likeness (QED) is 0.599. The number of rotatable bonds is 8. The maximum atomic E-state index is 12.9. The highest BCUT2D eigenvalue weighted by atomic mass is 32.2. The molecular formula is C21H27N3O5S2. The van der Waals surface area contributed by atoms with E-state index in [1.165, 1.54) is 4.31 Å². The van der Waals surface area contributed by atoms with E-state index in [-0.39, 0.29) is 24.8 Å². The molecule has 3 rings (SSSR count). The van der Waals surface area contributed by atoms with Gasteiger partial charge in [-0.3, -0.25) is 4.79 Å². The molecule has 0 spiro atoms. The van der Waals surface area contributed by atoms with E-state index in [2.05, 4.69) is 10.3 Å². The molecule has 0 bridgehead atoms. The molecular weight excluding hydrogens is 438 g/mol. The van der Waals surface area contributed by atoms with Gasteiger partial charge in [0.2, 0.25) is 15.9 Å². The van der Waals surface area contributed by atoms with Crippen molar-refractivity contribution in [2.45, 2.75) is 33.1 Å². The first kappa shape index (κ1) is 23.4. The third kappa shape index (κ3) is 5.69. The van der Waals surface area contributed by atoms with Crippen LogP contribution >= 0.6 is 11.3 Å². The fourth-order valence-electron chi connectivity index (χ4n) is 3.50. The SMILES string of the molecule is CCCS(=O)(=O)N1CCCC(C(=O)Nc2nc(-c3ccccc3)c(C(=O)OCC)s2)C1. The number of piperidine rings is 1. The van der Waals surface area contributed by atoms with E-state index < -0.39 is 21.9 Å². The average molecular weight is 466 g/mol. The predicted octanol–water partition coefficient (Wildman–Crippen LogP) is 3.38. The molecule has 31 heavy (non-hydrogen) atoms. The summed E-state index contributed by atoms with van der Waals surface area (Å²) in [6.45, 7) is 4.38. The van der Waals surface area contributed by atoms with Gasteiger partial charge in [0.25, 0.3) is 0 Å². The molecule has 1 aliphatic heterocycles. The Hall–Kier alpha value is -2.30. The largest absolute Gasteiger partial charge is 0.462 e. The number of carbonyl (C=O) groups is 2. The van der Waals surface area contributed by atoms with Gasteiger partial charge in [-0.05, 0) is 26.2 Å². The number of benzene rings is 1. The Bertz CT molecular complexity index is 1020. The minimum absolute atomic E-state index is 0.0805. The van der Waals surface area contributed by atoms with Crippen molar-refractivity contribution in [1.82, 2.24) is 9.29 Å². The molecule has 2 heterocycles. The standard InChI is InChI=1S/C21H27N3O5S2/c1-3-13-31(27,28)24-12-8-11-16(14-24)19(25)23-21-22-17(15-9-6-5-7-10-15)18(30-21)20(26)29-4-2/h5-7,9-10,16H,3-4,8,11-14H2,1-2H3,(H,22,23,25). The number of nitrogens with zero attached hydrogens (tertiary/aromatic N) is 2. The van der Waals surface area contributed by atoms with E-state index in [0.717, 1.165) is 16.9 Å². The number of thiazole rings is 1. The van der Waals surface area contributed by atoms with Crippen LogP contribution in [0.5, 0.6) is 0 Å². The zero-order chi connectivity index (χ0) is 22.4. The van der Waals surface area contributed by atoms with Crippen LogP contribution in [-0.4, -0.2) is 55.0 Å². The first-order valence-corrected chi connectivity index (χ1v) is 12.8. The van der Waals surface area contributed by atoms with Crippen LogP contribution in [0.25, 0.3) is 11.3 Å². The normalized spacial score (nSPS) is 17.3. The van der Waals surface area contributed by atoms with Crippen molar-refractivity contribution in [3.63, 3.8) is 0 Å². The van der Waals surface area contributed by atoms with E-state index in [0.29, 0.717) is 41.5 Å². The highest BCUT2D eigenvalue weighted by molar-refractivity contribution is 7.89. The predicted molar refractivity (Wildman–Crippen MR) is 121 cm³/mol. The number of anilines is 1. The van der Waals surface area contributed by atoms with Gasteiger partial charge in [0.05, 0.1) is 24.0 Å². The molecule has 0 radical (unpaired) electrons. The van der Waals surface area contributed by atoms with E-state index >= 15 is 0 Å². The van der Waals surface area contributed by atoms with E-state index in [9.17, 15) is 18.0 Å². The molecule has 1 aliphatic rings. The van der Waals surface area contributed by atoms with Crippen molar-refractivity contribution in [1.29, 1.82) is 0 Å². The van der Waals surface area contributed by atoms with Crippen LogP contribution in [0.2, 0.25) is 0 Å². The van der Waals surface area contributed by atoms with E-state index in [4.69, 9.17) is 4.74 Å². The van der Waals surface area contributed by atoms with Gasteiger partial charge in [0, 0.05) is 18.7 Å². The van der Waals surface area contributed by atoms with E-state index in [1.54, 1.807) is 6.92 Å². The molecule has 1 aromatic carbocycles. The number of aromatic nitrogens is 1. The molecule has 1 amide bonds. The number of carbonyl (C=O) groups excluding carboxylic acids is 2. The van der Waals surface area contributed by atoms with Crippen LogP contribution in [0.15, 0.2) is 30.3 Å². The highest BCUT2D eigenvalue weighted by Gasteiger charge is 2.32. The van der Waals surface area contributed by atoms with Crippen molar-refractivity contribution in [2.24, 2.45) is 5.92 Å². The van der Waals surface area contributed by atoms with Crippen molar-refractivity contribution in [3.05, 3.63) is 35.2 Å². The molecule has 1 atom stereocenters. The maximum absolute atomic E-state index is 12.9. The average Bonchev–Trinajstić information content (AvgIpc) is 3.18. The van der Waals surface area contributed by atoms with Gasteiger partial charge >= 0.3 is 5.97 Å². The Balaban J connectivity index is 1.79. The smallest absolute Gasteiger partial charge is 0.350 e. The monoisotopic (exact) mass is 465 g/mol. The number of hydrogen-bond donors (Lipinski definition) is 1. The third-order valence-corrected chi connectivity index (χ3v) is 7.97. The molecule has 0 aliphatic carbocycles. The van der Waals surface area contributed by atoms with Crippen molar-refractivity contribution in [2.75, 3.05) is 30.8 Å². The second-order valence-electron chi connectivity index (χ2n) is 7.29. The Labute approximate surface area is 186 Å². The van der Waals surface area contributed by atoms with Crippen LogP contribution in [0, 0.1) is 5.92 Å².